The highest BCUT2D eigenvalue weighted by Gasteiger charge is 2.10. The predicted molar refractivity (Wildman–Crippen MR) is 97.3 cm³/mol. The van der Waals surface area contributed by atoms with Gasteiger partial charge in [0.25, 0.3) is 5.91 Å². The fourth-order valence-electron chi connectivity index (χ4n) is 2.21. The van der Waals surface area contributed by atoms with Crippen molar-refractivity contribution in [2.75, 3.05) is 0 Å². The van der Waals surface area contributed by atoms with Gasteiger partial charge in [-0.1, -0.05) is 12.1 Å². The number of amides is 1. The van der Waals surface area contributed by atoms with Crippen molar-refractivity contribution in [1.29, 1.82) is 0 Å². The first-order valence-electron chi connectivity index (χ1n) is 7.80. The van der Waals surface area contributed by atoms with E-state index < -0.39 is 0 Å². The summed E-state index contributed by atoms with van der Waals surface area (Å²) in [5, 5.41) is 8.32. The smallest absolute Gasteiger partial charge is 0.272 e. The van der Waals surface area contributed by atoms with Gasteiger partial charge in [-0.2, -0.15) is 10.2 Å². The molecule has 0 saturated carbocycles. The third-order valence-electron chi connectivity index (χ3n) is 3.66. The van der Waals surface area contributed by atoms with E-state index in [9.17, 15) is 9.18 Å². The van der Waals surface area contributed by atoms with E-state index in [2.05, 4.69) is 15.6 Å². The normalized spacial score (nSPS) is 11.6. The number of aryl methyl sites for hydroxylation is 1. The molecule has 1 aromatic carbocycles. The maximum Gasteiger partial charge on any atom is 0.281 e. The monoisotopic (exact) mass is 356 g/mol. The summed E-state index contributed by atoms with van der Waals surface area (Å²) in [5.41, 5.74) is 4.98. The summed E-state index contributed by atoms with van der Waals surface area (Å²) < 4.78 is 14.8. The molecule has 0 unspecified atom stereocenters. The molecule has 0 aliphatic heterocycles. The zero-order valence-corrected chi connectivity index (χ0v) is 14.7. The largest absolute Gasteiger partial charge is 0.281 e. The zero-order chi connectivity index (χ0) is 17.8. The van der Waals surface area contributed by atoms with Crippen molar-refractivity contribution >= 4 is 23.0 Å². The van der Waals surface area contributed by atoms with Gasteiger partial charge in [0, 0.05) is 23.2 Å². The number of carbonyl (C=O) groups excluding carboxylic acids is 1. The van der Waals surface area contributed by atoms with Crippen LogP contribution in [-0.2, 0) is 6.54 Å². The number of aromatic nitrogens is 2. The standard InChI is InChI=1S/C18H17FN4OS/c1-3-23-11-14(10-20-23)12(2)21-22-18(24)17-9-8-16(25-17)13-4-6-15(19)7-5-13/h4-11H,3H2,1-2H3,(H,22,24)/b21-12+. The van der Waals surface area contributed by atoms with E-state index in [1.165, 1.54) is 23.5 Å². The lowest BCUT2D eigenvalue weighted by Gasteiger charge is -1.99. The summed E-state index contributed by atoms with van der Waals surface area (Å²) in [5.74, 6) is -0.560. The molecule has 0 aliphatic rings. The van der Waals surface area contributed by atoms with Gasteiger partial charge in [-0.3, -0.25) is 9.48 Å². The number of carbonyl (C=O) groups is 1. The number of thiophene rings is 1. The number of nitrogens with one attached hydrogen (secondary N) is 1. The van der Waals surface area contributed by atoms with Crippen LogP contribution in [-0.4, -0.2) is 21.4 Å². The van der Waals surface area contributed by atoms with E-state index in [0.29, 0.717) is 10.6 Å². The van der Waals surface area contributed by atoms with Crippen molar-refractivity contribution in [3.63, 3.8) is 0 Å². The van der Waals surface area contributed by atoms with Gasteiger partial charge >= 0.3 is 0 Å². The summed E-state index contributed by atoms with van der Waals surface area (Å²) >= 11 is 1.33. The Hall–Kier alpha value is -2.80. The van der Waals surface area contributed by atoms with Crippen LogP contribution in [0.4, 0.5) is 4.39 Å². The Morgan fingerprint density at radius 3 is 2.72 bits per heavy atom. The van der Waals surface area contributed by atoms with Crippen molar-refractivity contribution in [1.82, 2.24) is 15.2 Å². The molecule has 0 fully saturated rings. The molecule has 0 saturated heterocycles. The number of rotatable bonds is 5. The fourth-order valence-corrected chi connectivity index (χ4v) is 3.11. The quantitative estimate of drug-likeness (QED) is 0.556. The second-order valence-corrected chi connectivity index (χ2v) is 6.48. The molecule has 5 nitrogen and oxygen atoms in total. The van der Waals surface area contributed by atoms with Crippen LogP contribution < -0.4 is 5.43 Å². The summed E-state index contributed by atoms with van der Waals surface area (Å²) in [7, 11) is 0. The average Bonchev–Trinajstić information content (AvgIpc) is 3.29. The summed E-state index contributed by atoms with van der Waals surface area (Å²) in [6, 6.07) is 9.76. The second kappa shape index (κ2) is 7.40. The number of hydrogen-bond donors (Lipinski definition) is 1. The molecular weight excluding hydrogens is 339 g/mol. The number of hydrogen-bond acceptors (Lipinski definition) is 4. The Labute approximate surface area is 148 Å². The minimum absolute atomic E-state index is 0.277. The molecule has 0 radical (unpaired) electrons. The molecule has 3 aromatic rings. The Bertz CT molecular complexity index is 911. The summed E-state index contributed by atoms with van der Waals surface area (Å²) in [6.45, 7) is 4.59. The van der Waals surface area contributed by atoms with Crippen LogP contribution in [0.5, 0.6) is 0 Å². The first kappa shape index (κ1) is 17.0. The maximum absolute atomic E-state index is 13.0. The average molecular weight is 356 g/mol. The summed E-state index contributed by atoms with van der Waals surface area (Å²) in [4.78, 5) is 13.7. The Balaban J connectivity index is 1.69. The van der Waals surface area contributed by atoms with Crippen LogP contribution in [0.15, 0.2) is 53.9 Å². The highest BCUT2D eigenvalue weighted by atomic mass is 32.1. The van der Waals surface area contributed by atoms with Crippen LogP contribution in [0.1, 0.15) is 29.1 Å². The molecule has 1 N–H and O–H groups in total. The van der Waals surface area contributed by atoms with Crippen molar-refractivity contribution in [2.24, 2.45) is 5.10 Å². The third-order valence-corrected chi connectivity index (χ3v) is 4.79. The molecule has 1 amide bonds. The zero-order valence-electron chi connectivity index (χ0n) is 13.9. The van der Waals surface area contributed by atoms with Gasteiger partial charge in [0.2, 0.25) is 0 Å². The molecular formula is C18H17FN4OS. The Morgan fingerprint density at radius 1 is 1.28 bits per heavy atom. The van der Waals surface area contributed by atoms with E-state index >= 15 is 0 Å². The third kappa shape index (κ3) is 4.00. The van der Waals surface area contributed by atoms with Crippen LogP contribution in [0.3, 0.4) is 0 Å². The van der Waals surface area contributed by atoms with Gasteiger partial charge in [-0.05, 0) is 43.7 Å². The molecule has 0 bridgehead atoms. The molecule has 3 rings (SSSR count). The summed E-state index contributed by atoms with van der Waals surface area (Å²) in [6.07, 6.45) is 3.59. The van der Waals surface area contributed by atoms with E-state index in [1.54, 1.807) is 29.1 Å². The maximum atomic E-state index is 13.0. The van der Waals surface area contributed by atoms with E-state index in [4.69, 9.17) is 0 Å². The molecule has 25 heavy (non-hydrogen) atoms. The van der Waals surface area contributed by atoms with Crippen LogP contribution in [0, 0.1) is 5.82 Å². The lowest BCUT2D eigenvalue weighted by atomic mass is 10.2. The number of nitrogens with zero attached hydrogens (tertiary/aromatic N) is 3. The van der Waals surface area contributed by atoms with Gasteiger partial charge in [-0.15, -0.1) is 11.3 Å². The van der Waals surface area contributed by atoms with Crippen LogP contribution >= 0.6 is 11.3 Å². The van der Waals surface area contributed by atoms with Crippen LogP contribution in [0.2, 0.25) is 0 Å². The minimum atomic E-state index is -0.283. The van der Waals surface area contributed by atoms with Crippen LogP contribution in [0.25, 0.3) is 10.4 Å². The van der Waals surface area contributed by atoms with E-state index in [1.807, 2.05) is 26.1 Å². The number of halogens is 1. The number of benzene rings is 1. The van der Waals surface area contributed by atoms with Gasteiger partial charge in [0.15, 0.2) is 0 Å². The fraction of sp³-hybridized carbons (Fsp3) is 0.167. The molecule has 7 heteroatoms. The van der Waals surface area contributed by atoms with Crippen molar-refractivity contribution in [3.8, 4) is 10.4 Å². The molecule has 0 spiro atoms. The molecule has 2 aromatic heterocycles. The van der Waals surface area contributed by atoms with Gasteiger partial charge in [-0.25, -0.2) is 9.82 Å². The first-order valence-corrected chi connectivity index (χ1v) is 8.61. The highest BCUT2D eigenvalue weighted by molar-refractivity contribution is 7.17. The lowest BCUT2D eigenvalue weighted by molar-refractivity contribution is 0.0959. The molecule has 0 atom stereocenters. The topological polar surface area (TPSA) is 59.3 Å². The predicted octanol–water partition coefficient (Wildman–Crippen LogP) is 3.92. The SMILES string of the molecule is CCn1cc(/C(C)=N/NC(=O)c2ccc(-c3ccc(F)cc3)s2)cn1. The van der Waals surface area contributed by atoms with Crippen molar-refractivity contribution < 1.29 is 9.18 Å². The van der Waals surface area contributed by atoms with E-state index in [0.717, 1.165) is 22.5 Å². The molecule has 128 valence electrons. The van der Waals surface area contributed by atoms with Crippen molar-refractivity contribution in [3.05, 3.63) is 65.0 Å². The van der Waals surface area contributed by atoms with Crippen molar-refractivity contribution in [2.45, 2.75) is 20.4 Å². The Morgan fingerprint density at radius 2 is 2.04 bits per heavy atom. The second-order valence-electron chi connectivity index (χ2n) is 5.39. The Kier molecular flexibility index (Phi) is 5.04. The van der Waals surface area contributed by atoms with Gasteiger partial charge < -0.3 is 0 Å². The highest BCUT2D eigenvalue weighted by Crippen LogP contribution is 2.28. The molecule has 2 heterocycles. The minimum Gasteiger partial charge on any atom is -0.272 e. The van der Waals surface area contributed by atoms with E-state index in [-0.39, 0.29) is 11.7 Å². The first-order chi connectivity index (χ1) is 12.1. The molecule has 0 aliphatic carbocycles. The van der Waals surface area contributed by atoms with Gasteiger partial charge in [0.05, 0.1) is 16.8 Å². The number of hydrazone groups is 1. The lowest BCUT2D eigenvalue weighted by Crippen LogP contribution is -2.18. The van der Waals surface area contributed by atoms with Gasteiger partial charge in [0.1, 0.15) is 5.82 Å².